The monoisotopic (exact) mass is 334 g/mol. The second kappa shape index (κ2) is 8.13. The van der Waals surface area contributed by atoms with Crippen molar-refractivity contribution in [2.45, 2.75) is 58.3 Å². The number of hydrogen-bond acceptors (Lipinski definition) is 3. The fourth-order valence-electron chi connectivity index (χ4n) is 3.50. The maximum atomic E-state index is 4.84. The highest BCUT2D eigenvalue weighted by atomic mass is 32.1. The summed E-state index contributed by atoms with van der Waals surface area (Å²) in [6.45, 7) is 5.62. The summed E-state index contributed by atoms with van der Waals surface area (Å²) in [6, 6.07) is 0. The normalized spacial score (nSPS) is 19.7. The van der Waals surface area contributed by atoms with Gasteiger partial charge in [-0.1, -0.05) is 6.92 Å². The summed E-state index contributed by atoms with van der Waals surface area (Å²) in [5.74, 6) is 1.94. The molecule has 5 heteroatoms. The first-order valence-electron chi connectivity index (χ1n) is 9.19. The van der Waals surface area contributed by atoms with Crippen LogP contribution in [0.1, 0.15) is 54.6 Å². The quantitative estimate of drug-likeness (QED) is 0.522. The molecular formula is C18H30N4S. The summed E-state index contributed by atoms with van der Waals surface area (Å²) in [5, 5.41) is 4.87. The third-order valence-corrected chi connectivity index (χ3v) is 6.25. The van der Waals surface area contributed by atoms with Crippen molar-refractivity contribution in [3.05, 3.63) is 15.6 Å². The van der Waals surface area contributed by atoms with Crippen LogP contribution in [0.5, 0.6) is 0 Å². The minimum absolute atomic E-state index is 0.861. The van der Waals surface area contributed by atoms with Crippen molar-refractivity contribution in [3.63, 3.8) is 0 Å². The van der Waals surface area contributed by atoms with Gasteiger partial charge in [0.15, 0.2) is 5.96 Å². The number of aryl methyl sites for hydroxylation is 3. The van der Waals surface area contributed by atoms with E-state index in [9.17, 15) is 0 Å². The molecule has 1 aromatic heterocycles. The van der Waals surface area contributed by atoms with Crippen LogP contribution in [0.3, 0.4) is 0 Å². The SMILES string of the molecule is CN=C(NCCCc1nc2c(s1)CCCC2)N1CCC(C)CC1. The molecule has 1 fully saturated rings. The van der Waals surface area contributed by atoms with Gasteiger partial charge in [-0.2, -0.15) is 0 Å². The zero-order valence-corrected chi connectivity index (χ0v) is 15.4. The Hall–Kier alpha value is -1.10. The molecule has 0 radical (unpaired) electrons. The fourth-order valence-corrected chi connectivity index (χ4v) is 4.70. The summed E-state index contributed by atoms with van der Waals surface area (Å²) >= 11 is 1.95. The highest BCUT2D eigenvalue weighted by Gasteiger charge is 2.18. The van der Waals surface area contributed by atoms with Gasteiger partial charge in [-0.25, -0.2) is 4.98 Å². The molecule has 1 N–H and O–H groups in total. The average Bonchev–Trinajstić information content (AvgIpc) is 2.99. The number of piperidine rings is 1. The Labute approximate surface area is 144 Å². The topological polar surface area (TPSA) is 40.5 Å². The third-order valence-electron chi connectivity index (χ3n) is 5.04. The fraction of sp³-hybridized carbons (Fsp3) is 0.778. The Morgan fingerprint density at radius 1 is 1.30 bits per heavy atom. The van der Waals surface area contributed by atoms with Gasteiger partial charge in [0.25, 0.3) is 0 Å². The molecule has 3 rings (SSSR count). The van der Waals surface area contributed by atoms with Crippen LogP contribution in [0.4, 0.5) is 0 Å². The summed E-state index contributed by atoms with van der Waals surface area (Å²) in [7, 11) is 1.90. The van der Waals surface area contributed by atoms with E-state index in [2.05, 4.69) is 22.1 Å². The predicted molar refractivity (Wildman–Crippen MR) is 98.4 cm³/mol. The molecule has 0 spiro atoms. The molecule has 1 saturated heterocycles. The lowest BCUT2D eigenvalue weighted by atomic mass is 10.00. The summed E-state index contributed by atoms with van der Waals surface area (Å²) < 4.78 is 0. The molecule has 1 aliphatic carbocycles. The summed E-state index contributed by atoms with van der Waals surface area (Å²) in [5.41, 5.74) is 1.39. The molecule has 2 heterocycles. The molecule has 23 heavy (non-hydrogen) atoms. The molecule has 1 aliphatic heterocycles. The molecule has 0 unspecified atom stereocenters. The number of hydrogen-bond donors (Lipinski definition) is 1. The molecule has 0 atom stereocenters. The lowest BCUT2D eigenvalue weighted by Crippen LogP contribution is -2.45. The molecule has 0 bridgehead atoms. The smallest absolute Gasteiger partial charge is 0.193 e. The van der Waals surface area contributed by atoms with E-state index in [1.807, 2.05) is 18.4 Å². The maximum absolute atomic E-state index is 4.84. The molecular weight excluding hydrogens is 304 g/mol. The minimum Gasteiger partial charge on any atom is -0.356 e. The summed E-state index contributed by atoms with van der Waals surface area (Å²) in [4.78, 5) is 13.2. The lowest BCUT2D eigenvalue weighted by Gasteiger charge is -2.32. The van der Waals surface area contributed by atoms with Gasteiger partial charge in [0, 0.05) is 38.0 Å². The highest BCUT2D eigenvalue weighted by molar-refractivity contribution is 7.11. The standard InChI is InChI=1S/C18H30N4S/c1-14-9-12-22(13-10-14)18(19-2)20-11-5-8-17-21-15-6-3-4-7-16(15)23-17/h14H,3-13H2,1-2H3,(H,19,20). The van der Waals surface area contributed by atoms with Crippen LogP contribution >= 0.6 is 11.3 Å². The van der Waals surface area contributed by atoms with Gasteiger partial charge < -0.3 is 10.2 Å². The van der Waals surface area contributed by atoms with E-state index >= 15 is 0 Å². The van der Waals surface area contributed by atoms with Gasteiger partial charge in [-0.15, -0.1) is 11.3 Å². The molecule has 2 aliphatic rings. The second-order valence-corrected chi connectivity index (χ2v) is 8.10. The first kappa shape index (κ1) is 16.7. The molecule has 1 aromatic rings. The van der Waals surface area contributed by atoms with Crippen molar-refractivity contribution in [1.82, 2.24) is 15.2 Å². The van der Waals surface area contributed by atoms with Crippen LogP contribution in [0.2, 0.25) is 0 Å². The van der Waals surface area contributed by atoms with E-state index in [1.54, 1.807) is 4.88 Å². The van der Waals surface area contributed by atoms with Crippen molar-refractivity contribution < 1.29 is 0 Å². The Bertz CT molecular complexity index is 506. The van der Waals surface area contributed by atoms with Crippen LogP contribution in [0, 0.1) is 5.92 Å². The van der Waals surface area contributed by atoms with E-state index < -0.39 is 0 Å². The number of nitrogens with one attached hydrogen (secondary N) is 1. The third kappa shape index (κ3) is 4.46. The van der Waals surface area contributed by atoms with Gasteiger partial charge in [-0.05, 0) is 50.9 Å². The minimum atomic E-state index is 0.861. The largest absolute Gasteiger partial charge is 0.356 e. The van der Waals surface area contributed by atoms with E-state index in [0.717, 1.165) is 44.4 Å². The van der Waals surface area contributed by atoms with Crippen LogP contribution in [0.25, 0.3) is 0 Å². The molecule has 4 nitrogen and oxygen atoms in total. The van der Waals surface area contributed by atoms with Crippen molar-refractivity contribution in [1.29, 1.82) is 0 Å². The Balaban J connectivity index is 1.41. The number of rotatable bonds is 4. The number of fused-ring (bicyclic) bond motifs is 1. The number of likely N-dealkylation sites (tertiary alicyclic amines) is 1. The Morgan fingerprint density at radius 3 is 2.83 bits per heavy atom. The van der Waals surface area contributed by atoms with Crippen LogP contribution in [-0.4, -0.2) is 42.5 Å². The van der Waals surface area contributed by atoms with Gasteiger partial charge in [0.2, 0.25) is 0 Å². The van der Waals surface area contributed by atoms with Crippen LogP contribution in [0.15, 0.2) is 4.99 Å². The van der Waals surface area contributed by atoms with Gasteiger partial charge in [0.1, 0.15) is 0 Å². The van der Waals surface area contributed by atoms with Crippen LogP contribution < -0.4 is 5.32 Å². The lowest BCUT2D eigenvalue weighted by molar-refractivity contribution is 0.273. The van der Waals surface area contributed by atoms with Gasteiger partial charge in [-0.3, -0.25) is 4.99 Å². The number of aromatic nitrogens is 1. The van der Waals surface area contributed by atoms with E-state index in [0.29, 0.717) is 0 Å². The predicted octanol–water partition coefficient (Wildman–Crippen LogP) is 3.26. The highest BCUT2D eigenvalue weighted by Crippen LogP contribution is 2.27. The second-order valence-electron chi connectivity index (χ2n) is 6.93. The summed E-state index contributed by atoms with van der Waals surface area (Å²) in [6.07, 6.45) is 9.92. The number of nitrogens with zero attached hydrogens (tertiary/aromatic N) is 3. The van der Waals surface area contributed by atoms with E-state index in [-0.39, 0.29) is 0 Å². The van der Waals surface area contributed by atoms with Gasteiger partial charge in [0.05, 0.1) is 10.7 Å². The first-order valence-corrected chi connectivity index (χ1v) is 10.0. The zero-order chi connectivity index (χ0) is 16.1. The molecule has 0 amide bonds. The van der Waals surface area contributed by atoms with Crippen LogP contribution in [-0.2, 0) is 19.3 Å². The van der Waals surface area contributed by atoms with E-state index in [1.165, 1.54) is 49.2 Å². The van der Waals surface area contributed by atoms with Crippen molar-refractivity contribution in [3.8, 4) is 0 Å². The van der Waals surface area contributed by atoms with E-state index in [4.69, 9.17) is 4.98 Å². The maximum Gasteiger partial charge on any atom is 0.193 e. The average molecular weight is 335 g/mol. The number of thiazole rings is 1. The number of guanidine groups is 1. The Morgan fingerprint density at radius 2 is 2.09 bits per heavy atom. The first-order chi connectivity index (χ1) is 11.3. The number of aliphatic imine (C=N–C) groups is 1. The molecule has 0 saturated carbocycles. The van der Waals surface area contributed by atoms with Crippen molar-refractivity contribution >= 4 is 17.3 Å². The van der Waals surface area contributed by atoms with Crippen molar-refractivity contribution in [2.75, 3.05) is 26.7 Å². The van der Waals surface area contributed by atoms with Crippen molar-refractivity contribution in [2.24, 2.45) is 10.9 Å². The molecule has 128 valence electrons. The molecule has 0 aromatic carbocycles. The Kier molecular flexibility index (Phi) is 5.92. The van der Waals surface area contributed by atoms with Gasteiger partial charge >= 0.3 is 0 Å². The zero-order valence-electron chi connectivity index (χ0n) is 14.6.